The first-order valence-electron chi connectivity index (χ1n) is 4.50. The van der Waals surface area contributed by atoms with Crippen molar-refractivity contribution in [3.8, 4) is 0 Å². The van der Waals surface area contributed by atoms with Gasteiger partial charge in [0.15, 0.2) is 0 Å². The van der Waals surface area contributed by atoms with Gasteiger partial charge in [-0.25, -0.2) is 0 Å². The maximum atomic E-state index is 5.71. The molecular formula is C11H16N2. The first-order valence-corrected chi connectivity index (χ1v) is 4.50. The van der Waals surface area contributed by atoms with Crippen LogP contribution in [0.15, 0.2) is 35.3 Å². The molecule has 1 aromatic rings. The summed E-state index contributed by atoms with van der Waals surface area (Å²) in [6.45, 7) is 2.09. The Morgan fingerprint density at radius 1 is 1.38 bits per heavy atom. The highest BCUT2D eigenvalue weighted by Crippen LogP contribution is 2.07. The number of rotatable bonds is 3. The number of nitrogens with zero attached hydrogens (tertiary/aromatic N) is 1. The van der Waals surface area contributed by atoms with E-state index in [1.54, 1.807) is 7.05 Å². The van der Waals surface area contributed by atoms with E-state index in [-0.39, 0.29) is 0 Å². The lowest BCUT2D eigenvalue weighted by Gasteiger charge is -2.09. The lowest BCUT2D eigenvalue weighted by Crippen LogP contribution is -2.22. The quantitative estimate of drug-likeness (QED) is 0.554. The fourth-order valence-corrected chi connectivity index (χ4v) is 1.29. The molecule has 0 aliphatic rings. The van der Waals surface area contributed by atoms with E-state index in [0.29, 0.717) is 5.92 Å². The van der Waals surface area contributed by atoms with Gasteiger partial charge < -0.3 is 5.73 Å². The highest BCUT2D eigenvalue weighted by Gasteiger charge is 2.06. The summed E-state index contributed by atoms with van der Waals surface area (Å²) in [5.41, 5.74) is 7.02. The summed E-state index contributed by atoms with van der Waals surface area (Å²) in [4.78, 5) is 3.98. The molecule has 13 heavy (non-hydrogen) atoms. The first-order chi connectivity index (χ1) is 6.24. The van der Waals surface area contributed by atoms with Gasteiger partial charge in [0.25, 0.3) is 0 Å². The molecule has 2 N–H and O–H groups in total. The monoisotopic (exact) mass is 176 g/mol. The zero-order valence-corrected chi connectivity index (χ0v) is 8.20. The average molecular weight is 176 g/mol. The summed E-state index contributed by atoms with van der Waals surface area (Å²) in [6.07, 6.45) is 0.962. The number of benzene rings is 1. The van der Waals surface area contributed by atoms with Crippen LogP contribution in [0.3, 0.4) is 0 Å². The third kappa shape index (κ3) is 2.90. The first kappa shape index (κ1) is 9.78. The van der Waals surface area contributed by atoms with Crippen LogP contribution in [0, 0.1) is 5.92 Å². The fourth-order valence-electron chi connectivity index (χ4n) is 1.29. The second kappa shape index (κ2) is 4.65. The van der Waals surface area contributed by atoms with Gasteiger partial charge in [-0.2, -0.15) is 0 Å². The van der Waals surface area contributed by atoms with E-state index in [1.807, 2.05) is 18.2 Å². The molecule has 70 valence electrons. The average Bonchev–Trinajstić information content (AvgIpc) is 2.18. The van der Waals surface area contributed by atoms with Gasteiger partial charge >= 0.3 is 0 Å². The van der Waals surface area contributed by atoms with Crippen LogP contribution < -0.4 is 5.73 Å². The maximum Gasteiger partial charge on any atom is 0.0965 e. The number of amidine groups is 1. The van der Waals surface area contributed by atoms with Crippen molar-refractivity contribution in [3.63, 3.8) is 0 Å². The number of hydrogen-bond acceptors (Lipinski definition) is 1. The van der Waals surface area contributed by atoms with Crippen molar-refractivity contribution in [2.45, 2.75) is 13.3 Å². The fraction of sp³-hybridized carbons (Fsp3) is 0.364. The number of aliphatic imine (C=N–C) groups is 1. The largest absolute Gasteiger partial charge is 0.387 e. The SMILES string of the molecule is CN=C(N)C(C)Cc1ccccc1. The molecule has 0 saturated heterocycles. The Morgan fingerprint density at radius 3 is 2.54 bits per heavy atom. The van der Waals surface area contributed by atoms with Gasteiger partial charge in [-0.05, 0) is 12.0 Å². The molecule has 0 aliphatic heterocycles. The van der Waals surface area contributed by atoms with Crippen molar-refractivity contribution in [2.75, 3.05) is 7.05 Å². The van der Waals surface area contributed by atoms with Gasteiger partial charge in [0.05, 0.1) is 5.84 Å². The molecule has 2 nitrogen and oxygen atoms in total. The van der Waals surface area contributed by atoms with Crippen molar-refractivity contribution in [2.24, 2.45) is 16.6 Å². The van der Waals surface area contributed by atoms with E-state index in [4.69, 9.17) is 5.73 Å². The van der Waals surface area contributed by atoms with Crippen LogP contribution in [-0.4, -0.2) is 12.9 Å². The van der Waals surface area contributed by atoms with Gasteiger partial charge in [0, 0.05) is 13.0 Å². The normalized spacial score (nSPS) is 14.2. The van der Waals surface area contributed by atoms with Crippen molar-refractivity contribution in [3.05, 3.63) is 35.9 Å². The molecule has 0 amide bonds. The second-order valence-corrected chi connectivity index (χ2v) is 3.24. The molecule has 0 aliphatic carbocycles. The summed E-state index contributed by atoms with van der Waals surface area (Å²) in [5.74, 6) is 1.05. The van der Waals surface area contributed by atoms with Crippen LogP contribution in [-0.2, 0) is 6.42 Å². The predicted molar refractivity (Wildman–Crippen MR) is 56.9 cm³/mol. The second-order valence-electron chi connectivity index (χ2n) is 3.24. The molecule has 0 bridgehead atoms. The zero-order valence-electron chi connectivity index (χ0n) is 8.20. The summed E-state index contributed by atoms with van der Waals surface area (Å²) >= 11 is 0. The molecule has 0 heterocycles. The Labute approximate surface area is 79.5 Å². The molecular weight excluding hydrogens is 160 g/mol. The Kier molecular flexibility index (Phi) is 3.50. The van der Waals surface area contributed by atoms with Crippen molar-refractivity contribution in [1.82, 2.24) is 0 Å². The van der Waals surface area contributed by atoms with Crippen LogP contribution in [0.5, 0.6) is 0 Å². The lowest BCUT2D eigenvalue weighted by atomic mass is 10.0. The topological polar surface area (TPSA) is 38.4 Å². The van der Waals surface area contributed by atoms with Gasteiger partial charge in [-0.15, -0.1) is 0 Å². The molecule has 2 heteroatoms. The molecule has 1 aromatic carbocycles. The highest BCUT2D eigenvalue weighted by atomic mass is 14.8. The highest BCUT2D eigenvalue weighted by molar-refractivity contribution is 5.82. The lowest BCUT2D eigenvalue weighted by molar-refractivity contribution is 0.757. The molecule has 0 aromatic heterocycles. The van der Waals surface area contributed by atoms with Crippen LogP contribution in [0.4, 0.5) is 0 Å². The molecule has 0 saturated carbocycles. The maximum absolute atomic E-state index is 5.71. The van der Waals surface area contributed by atoms with Gasteiger partial charge in [-0.3, -0.25) is 4.99 Å². The Balaban J connectivity index is 2.60. The summed E-state index contributed by atoms with van der Waals surface area (Å²) in [6, 6.07) is 10.3. The molecule has 0 spiro atoms. The van der Waals surface area contributed by atoms with Gasteiger partial charge in [0.2, 0.25) is 0 Å². The summed E-state index contributed by atoms with van der Waals surface area (Å²) in [7, 11) is 1.73. The van der Waals surface area contributed by atoms with E-state index in [1.165, 1.54) is 5.56 Å². The third-order valence-corrected chi connectivity index (χ3v) is 2.15. The molecule has 1 rings (SSSR count). The van der Waals surface area contributed by atoms with Crippen LogP contribution >= 0.6 is 0 Å². The van der Waals surface area contributed by atoms with E-state index in [9.17, 15) is 0 Å². The molecule has 1 unspecified atom stereocenters. The van der Waals surface area contributed by atoms with Gasteiger partial charge in [-0.1, -0.05) is 37.3 Å². The van der Waals surface area contributed by atoms with Gasteiger partial charge in [0.1, 0.15) is 0 Å². The third-order valence-electron chi connectivity index (χ3n) is 2.15. The zero-order chi connectivity index (χ0) is 9.68. The van der Waals surface area contributed by atoms with Crippen LogP contribution in [0.2, 0.25) is 0 Å². The number of hydrogen-bond donors (Lipinski definition) is 1. The molecule has 0 radical (unpaired) electrons. The Morgan fingerprint density at radius 2 is 2.00 bits per heavy atom. The van der Waals surface area contributed by atoms with Crippen LogP contribution in [0.25, 0.3) is 0 Å². The van der Waals surface area contributed by atoms with E-state index in [0.717, 1.165) is 12.3 Å². The minimum absolute atomic E-state index is 0.326. The van der Waals surface area contributed by atoms with E-state index >= 15 is 0 Å². The minimum Gasteiger partial charge on any atom is -0.387 e. The molecule has 1 atom stereocenters. The van der Waals surface area contributed by atoms with Crippen molar-refractivity contribution < 1.29 is 0 Å². The van der Waals surface area contributed by atoms with Crippen molar-refractivity contribution in [1.29, 1.82) is 0 Å². The summed E-state index contributed by atoms with van der Waals surface area (Å²) in [5, 5.41) is 0. The summed E-state index contributed by atoms with van der Waals surface area (Å²) < 4.78 is 0. The smallest absolute Gasteiger partial charge is 0.0965 e. The predicted octanol–water partition coefficient (Wildman–Crippen LogP) is 1.85. The number of nitrogens with two attached hydrogens (primary N) is 1. The standard InChI is InChI=1S/C11H16N2/c1-9(11(12)13-2)8-10-6-4-3-5-7-10/h3-7,9H,8H2,1-2H3,(H2,12,13). The van der Waals surface area contributed by atoms with Crippen molar-refractivity contribution >= 4 is 5.84 Å². The Bertz CT molecular complexity index is 277. The van der Waals surface area contributed by atoms with E-state index in [2.05, 4.69) is 24.0 Å². The minimum atomic E-state index is 0.326. The van der Waals surface area contributed by atoms with Crippen LogP contribution in [0.1, 0.15) is 12.5 Å². The van der Waals surface area contributed by atoms with E-state index < -0.39 is 0 Å². The molecule has 0 fully saturated rings. The Hall–Kier alpha value is -1.31.